The zero-order valence-corrected chi connectivity index (χ0v) is 14.5. The quantitative estimate of drug-likeness (QED) is 0.636. The molecule has 2 aromatic rings. The lowest BCUT2D eigenvalue weighted by Gasteiger charge is -2.16. The molecule has 0 saturated heterocycles. The standard InChI is InChI=1S/C18H27N5/c1-5-19-18(21-13-17-9-10-22-23(17)4)20-12-15(3)16-8-6-7-14(2)11-16/h6-11,15H,5,12-13H2,1-4H3,(H2,19,20,21). The van der Waals surface area contributed by atoms with E-state index in [1.54, 1.807) is 6.20 Å². The maximum atomic E-state index is 4.63. The highest BCUT2D eigenvalue weighted by molar-refractivity contribution is 5.79. The fourth-order valence-corrected chi connectivity index (χ4v) is 2.40. The van der Waals surface area contributed by atoms with E-state index in [4.69, 9.17) is 0 Å². The van der Waals surface area contributed by atoms with E-state index < -0.39 is 0 Å². The molecule has 2 rings (SSSR count). The van der Waals surface area contributed by atoms with E-state index in [1.807, 2.05) is 17.8 Å². The summed E-state index contributed by atoms with van der Waals surface area (Å²) in [4.78, 5) is 4.63. The first-order chi connectivity index (χ1) is 11.1. The van der Waals surface area contributed by atoms with Gasteiger partial charge in [0, 0.05) is 26.3 Å². The van der Waals surface area contributed by atoms with E-state index in [0.717, 1.165) is 24.7 Å². The van der Waals surface area contributed by atoms with Gasteiger partial charge in [0.25, 0.3) is 0 Å². The third kappa shape index (κ3) is 5.13. The highest BCUT2D eigenvalue weighted by Crippen LogP contribution is 2.15. The van der Waals surface area contributed by atoms with Crippen LogP contribution in [0.4, 0.5) is 0 Å². The Kier molecular flexibility index (Phi) is 6.20. The summed E-state index contributed by atoms with van der Waals surface area (Å²) in [7, 11) is 1.94. The van der Waals surface area contributed by atoms with Crippen LogP contribution in [0.15, 0.2) is 41.5 Å². The van der Waals surface area contributed by atoms with Crippen molar-refractivity contribution in [1.29, 1.82) is 0 Å². The van der Waals surface area contributed by atoms with Gasteiger partial charge in [0.1, 0.15) is 0 Å². The summed E-state index contributed by atoms with van der Waals surface area (Å²) in [5, 5.41) is 10.9. The molecule has 1 heterocycles. The molecule has 0 aliphatic carbocycles. The molecular formula is C18H27N5. The molecule has 0 amide bonds. The maximum absolute atomic E-state index is 4.63. The minimum Gasteiger partial charge on any atom is -0.357 e. The van der Waals surface area contributed by atoms with E-state index >= 15 is 0 Å². The molecule has 0 bridgehead atoms. The molecule has 0 fully saturated rings. The van der Waals surface area contributed by atoms with Crippen LogP contribution in [-0.4, -0.2) is 28.8 Å². The Balaban J connectivity index is 1.95. The number of rotatable bonds is 6. The highest BCUT2D eigenvalue weighted by Gasteiger charge is 2.07. The average Bonchev–Trinajstić information content (AvgIpc) is 2.95. The van der Waals surface area contributed by atoms with Gasteiger partial charge in [-0.2, -0.15) is 5.10 Å². The minimum absolute atomic E-state index is 0.426. The van der Waals surface area contributed by atoms with Crippen LogP contribution in [0.5, 0.6) is 0 Å². The molecule has 1 unspecified atom stereocenters. The van der Waals surface area contributed by atoms with Crippen LogP contribution in [-0.2, 0) is 13.6 Å². The number of aromatic nitrogens is 2. The van der Waals surface area contributed by atoms with E-state index in [-0.39, 0.29) is 0 Å². The van der Waals surface area contributed by atoms with Crippen LogP contribution in [0.2, 0.25) is 0 Å². The summed E-state index contributed by atoms with van der Waals surface area (Å²) in [6.45, 7) is 8.74. The molecule has 0 radical (unpaired) electrons. The average molecular weight is 313 g/mol. The topological polar surface area (TPSA) is 54.2 Å². The first-order valence-electron chi connectivity index (χ1n) is 8.15. The molecule has 1 atom stereocenters. The van der Waals surface area contributed by atoms with Gasteiger partial charge in [-0.05, 0) is 31.4 Å². The highest BCUT2D eigenvalue weighted by atomic mass is 15.3. The minimum atomic E-state index is 0.426. The Morgan fingerprint density at radius 2 is 2.13 bits per heavy atom. The van der Waals surface area contributed by atoms with Crippen molar-refractivity contribution in [3.63, 3.8) is 0 Å². The number of nitrogens with one attached hydrogen (secondary N) is 2. The Labute approximate surface area is 138 Å². The molecule has 124 valence electrons. The predicted octanol–water partition coefficient (Wildman–Crippen LogP) is 2.59. The Bertz CT molecular complexity index is 644. The molecule has 2 N–H and O–H groups in total. The fourth-order valence-electron chi connectivity index (χ4n) is 2.40. The van der Waals surface area contributed by atoms with Crippen LogP contribution < -0.4 is 10.6 Å². The molecule has 0 aliphatic rings. The summed E-state index contributed by atoms with van der Waals surface area (Å²) in [6.07, 6.45) is 1.80. The smallest absolute Gasteiger partial charge is 0.191 e. The van der Waals surface area contributed by atoms with Gasteiger partial charge in [-0.15, -0.1) is 0 Å². The largest absolute Gasteiger partial charge is 0.357 e. The van der Waals surface area contributed by atoms with Crippen LogP contribution in [0.25, 0.3) is 0 Å². The third-order valence-electron chi connectivity index (χ3n) is 3.85. The zero-order chi connectivity index (χ0) is 16.7. The molecule has 0 saturated carbocycles. The Hall–Kier alpha value is -2.30. The second kappa shape index (κ2) is 8.36. The number of guanidine groups is 1. The van der Waals surface area contributed by atoms with E-state index in [2.05, 4.69) is 65.8 Å². The van der Waals surface area contributed by atoms with Crippen LogP contribution in [0.3, 0.4) is 0 Å². The van der Waals surface area contributed by atoms with E-state index in [9.17, 15) is 0 Å². The fraction of sp³-hybridized carbons (Fsp3) is 0.444. The molecule has 23 heavy (non-hydrogen) atoms. The Morgan fingerprint density at radius 3 is 2.78 bits per heavy atom. The first kappa shape index (κ1) is 17.1. The zero-order valence-electron chi connectivity index (χ0n) is 14.5. The monoisotopic (exact) mass is 313 g/mol. The summed E-state index contributed by atoms with van der Waals surface area (Å²) in [6, 6.07) is 10.7. The second-order valence-electron chi connectivity index (χ2n) is 5.84. The first-order valence-corrected chi connectivity index (χ1v) is 8.15. The third-order valence-corrected chi connectivity index (χ3v) is 3.85. The summed E-state index contributed by atoms with van der Waals surface area (Å²) < 4.78 is 1.85. The van der Waals surface area contributed by atoms with Gasteiger partial charge < -0.3 is 10.6 Å². The van der Waals surface area contributed by atoms with Gasteiger partial charge >= 0.3 is 0 Å². The summed E-state index contributed by atoms with van der Waals surface area (Å²) in [5.41, 5.74) is 3.74. The number of benzene rings is 1. The van der Waals surface area contributed by atoms with Crippen molar-refractivity contribution in [3.05, 3.63) is 53.3 Å². The molecular weight excluding hydrogens is 286 g/mol. The van der Waals surface area contributed by atoms with Gasteiger partial charge in [-0.1, -0.05) is 36.8 Å². The molecule has 1 aromatic heterocycles. The lowest BCUT2D eigenvalue weighted by molar-refractivity contribution is 0.688. The second-order valence-corrected chi connectivity index (χ2v) is 5.84. The van der Waals surface area contributed by atoms with Crippen LogP contribution >= 0.6 is 0 Å². The molecule has 0 spiro atoms. The summed E-state index contributed by atoms with van der Waals surface area (Å²) >= 11 is 0. The van der Waals surface area contributed by atoms with Gasteiger partial charge in [-0.3, -0.25) is 4.68 Å². The number of nitrogens with zero attached hydrogens (tertiary/aromatic N) is 3. The van der Waals surface area contributed by atoms with Gasteiger partial charge in [0.05, 0.1) is 12.2 Å². The van der Waals surface area contributed by atoms with Crippen LogP contribution in [0, 0.1) is 6.92 Å². The van der Waals surface area contributed by atoms with Crippen molar-refractivity contribution in [2.24, 2.45) is 12.0 Å². The van der Waals surface area contributed by atoms with Crippen molar-refractivity contribution in [1.82, 2.24) is 20.4 Å². The number of aryl methyl sites for hydroxylation is 2. The van der Waals surface area contributed by atoms with E-state index in [1.165, 1.54) is 11.1 Å². The lowest BCUT2D eigenvalue weighted by Crippen LogP contribution is -2.39. The molecule has 1 aromatic carbocycles. The number of hydrogen-bond acceptors (Lipinski definition) is 2. The lowest BCUT2D eigenvalue weighted by atomic mass is 9.99. The maximum Gasteiger partial charge on any atom is 0.191 e. The summed E-state index contributed by atoms with van der Waals surface area (Å²) in [5.74, 6) is 1.27. The van der Waals surface area contributed by atoms with Crippen molar-refractivity contribution in [2.45, 2.75) is 33.2 Å². The van der Waals surface area contributed by atoms with E-state index in [0.29, 0.717) is 12.5 Å². The van der Waals surface area contributed by atoms with Gasteiger partial charge in [0.15, 0.2) is 5.96 Å². The van der Waals surface area contributed by atoms with Crippen molar-refractivity contribution in [3.8, 4) is 0 Å². The van der Waals surface area contributed by atoms with Gasteiger partial charge in [-0.25, -0.2) is 4.99 Å². The van der Waals surface area contributed by atoms with Gasteiger partial charge in [0.2, 0.25) is 0 Å². The van der Waals surface area contributed by atoms with Crippen molar-refractivity contribution in [2.75, 3.05) is 13.1 Å². The predicted molar refractivity (Wildman–Crippen MR) is 95.6 cm³/mol. The van der Waals surface area contributed by atoms with Crippen LogP contribution in [0.1, 0.15) is 36.6 Å². The SMILES string of the molecule is CCNC(=NCc1ccnn1C)NCC(C)c1cccc(C)c1. The van der Waals surface area contributed by atoms with Crippen molar-refractivity contribution >= 4 is 5.96 Å². The molecule has 5 heteroatoms. The molecule has 5 nitrogen and oxygen atoms in total. The Morgan fingerprint density at radius 1 is 1.30 bits per heavy atom. The van der Waals surface area contributed by atoms with Crippen molar-refractivity contribution < 1.29 is 0 Å². The number of hydrogen-bond donors (Lipinski definition) is 2. The normalized spacial score (nSPS) is 13.0. The number of aliphatic imine (C=N–C) groups is 1. The molecule has 0 aliphatic heterocycles.